The van der Waals surface area contributed by atoms with E-state index in [-0.39, 0.29) is 17.2 Å². The molecule has 0 aliphatic heterocycles. The Morgan fingerprint density at radius 1 is 1.19 bits per heavy atom. The summed E-state index contributed by atoms with van der Waals surface area (Å²) in [6, 6.07) is 13.0. The summed E-state index contributed by atoms with van der Waals surface area (Å²) in [6.07, 6.45) is 1.97. The fraction of sp³-hybridized carbons (Fsp3) is 0.304. The molecule has 8 nitrogen and oxygen atoms in total. The quantitative estimate of drug-likeness (QED) is 0.326. The number of unbranched alkanes of at least 4 members (excludes halogenated alkanes) is 1. The highest BCUT2D eigenvalue weighted by Crippen LogP contribution is 2.27. The van der Waals surface area contributed by atoms with Crippen molar-refractivity contribution in [1.29, 1.82) is 0 Å². The Balaban J connectivity index is 1.86. The normalized spacial score (nSPS) is 11.2. The first kappa shape index (κ1) is 21.9. The van der Waals surface area contributed by atoms with E-state index in [1.807, 2.05) is 47.7 Å². The molecule has 4 rings (SSSR count). The number of nitrogens with one attached hydrogen (secondary N) is 1. The third kappa shape index (κ3) is 4.08. The number of methoxy groups -OCH3 is 1. The van der Waals surface area contributed by atoms with Crippen molar-refractivity contribution in [1.82, 2.24) is 24.5 Å². The van der Waals surface area contributed by atoms with Crippen LogP contribution >= 0.6 is 11.8 Å². The number of rotatable bonds is 8. The van der Waals surface area contributed by atoms with E-state index >= 15 is 0 Å². The van der Waals surface area contributed by atoms with E-state index in [1.165, 1.54) is 16.3 Å². The summed E-state index contributed by atoms with van der Waals surface area (Å²) in [4.78, 5) is 25.7. The molecule has 0 aliphatic carbocycles. The summed E-state index contributed by atoms with van der Waals surface area (Å²) >= 11 is 1.29. The Kier molecular flexibility index (Phi) is 6.45. The molecular weight excluding hydrogens is 426 g/mol. The number of fused-ring (bicyclic) bond motifs is 3. The number of aromatic nitrogens is 4. The van der Waals surface area contributed by atoms with E-state index in [2.05, 4.69) is 22.4 Å². The number of thioether (sulfide) groups is 1. The van der Waals surface area contributed by atoms with E-state index in [9.17, 15) is 9.59 Å². The highest BCUT2D eigenvalue weighted by atomic mass is 32.2. The molecule has 0 aliphatic rings. The highest BCUT2D eigenvalue weighted by Gasteiger charge is 2.20. The average Bonchev–Trinajstić information content (AvgIpc) is 3.22. The van der Waals surface area contributed by atoms with Crippen LogP contribution in [-0.2, 0) is 4.79 Å². The first-order valence-electron chi connectivity index (χ1n) is 10.5. The standard InChI is InChI=1S/C23H25N5O3S/c1-4-5-12-24-20(29)14-32-23-26-25-22-27(18-13-15(2)10-11-19(18)31-3)21(30)16-8-6-7-9-17(16)28(22)23/h6-11,13H,4-5,12,14H2,1-3H3,(H,24,29). The predicted octanol–water partition coefficient (Wildman–Crippen LogP) is 3.36. The van der Waals surface area contributed by atoms with Crippen molar-refractivity contribution in [3.05, 3.63) is 58.4 Å². The second-order valence-electron chi connectivity index (χ2n) is 7.44. The van der Waals surface area contributed by atoms with Crippen molar-refractivity contribution < 1.29 is 9.53 Å². The number of para-hydroxylation sites is 1. The van der Waals surface area contributed by atoms with Crippen molar-refractivity contribution in [2.24, 2.45) is 0 Å². The maximum Gasteiger partial charge on any atom is 0.267 e. The van der Waals surface area contributed by atoms with Gasteiger partial charge in [-0.15, -0.1) is 10.2 Å². The van der Waals surface area contributed by atoms with Crippen LogP contribution in [0.2, 0.25) is 0 Å². The summed E-state index contributed by atoms with van der Waals surface area (Å²) in [5.41, 5.74) is 2.05. The van der Waals surface area contributed by atoms with Crippen LogP contribution in [-0.4, -0.2) is 44.5 Å². The Bertz CT molecular complexity index is 1340. The van der Waals surface area contributed by atoms with Crippen molar-refractivity contribution in [2.45, 2.75) is 31.8 Å². The number of carbonyl (C=O) groups is 1. The maximum atomic E-state index is 13.5. The highest BCUT2D eigenvalue weighted by molar-refractivity contribution is 7.99. The van der Waals surface area contributed by atoms with Gasteiger partial charge in [-0.1, -0.05) is 43.3 Å². The van der Waals surface area contributed by atoms with Gasteiger partial charge >= 0.3 is 0 Å². The molecule has 0 radical (unpaired) electrons. The van der Waals surface area contributed by atoms with Gasteiger partial charge in [0.25, 0.3) is 5.56 Å². The van der Waals surface area contributed by atoms with E-state index in [1.54, 1.807) is 13.2 Å². The van der Waals surface area contributed by atoms with Crippen LogP contribution in [0.5, 0.6) is 5.75 Å². The van der Waals surface area contributed by atoms with Gasteiger partial charge in [-0.05, 0) is 43.2 Å². The summed E-state index contributed by atoms with van der Waals surface area (Å²) in [6.45, 7) is 4.69. The molecule has 2 aromatic carbocycles. The summed E-state index contributed by atoms with van der Waals surface area (Å²) in [5, 5.41) is 12.6. The van der Waals surface area contributed by atoms with Gasteiger partial charge in [-0.2, -0.15) is 0 Å². The topological polar surface area (TPSA) is 90.5 Å². The minimum Gasteiger partial charge on any atom is -0.495 e. The van der Waals surface area contributed by atoms with Crippen molar-refractivity contribution in [3.63, 3.8) is 0 Å². The predicted molar refractivity (Wildman–Crippen MR) is 126 cm³/mol. The molecule has 4 aromatic rings. The number of benzene rings is 2. The number of hydrogen-bond acceptors (Lipinski definition) is 6. The van der Waals surface area contributed by atoms with Crippen molar-refractivity contribution in [2.75, 3.05) is 19.4 Å². The molecule has 0 spiro atoms. The molecule has 2 aromatic heterocycles. The van der Waals surface area contributed by atoms with Gasteiger partial charge in [-0.3, -0.25) is 14.0 Å². The number of amides is 1. The van der Waals surface area contributed by atoms with Crippen LogP contribution in [0, 0.1) is 6.92 Å². The lowest BCUT2D eigenvalue weighted by molar-refractivity contribution is -0.118. The smallest absolute Gasteiger partial charge is 0.267 e. The minimum atomic E-state index is -0.210. The lowest BCUT2D eigenvalue weighted by Crippen LogP contribution is -2.26. The molecule has 0 bridgehead atoms. The second-order valence-corrected chi connectivity index (χ2v) is 8.39. The summed E-state index contributed by atoms with van der Waals surface area (Å²) in [7, 11) is 1.57. The maximum absolute atomic E-state index is 13.5. The van der Waals surface area contributed by atoms with E-state index in [4.69, 9.17) is 4.74 Å². The van der Waals surface area contributed by atoms with Gasteiger partial charge in [0.15, 0.2) is 5.16 Å². The molecule has 0 unspecified atom stereocenters. The molecule has 9 heteroatoms. The fourth-order valence-corrected chi connectivity index (χ4v) is 4.32. The summed E-state index contributed by atoms with van der Waals surface area (Å²) < 4.78 is 8.87. The minimum absolute atomic E-state index is 0.0572. The van der Waals surface area contributed by atoms with Crippen LogP contribution in [0.1, 0.15) is 25.3 Å². The Morgan fingerprint density at radius 3 is 2.78 bits per heavy atom. The Hall–Kier alpha value is -3.33. The van der Waals surface area contributed by atoms with Gasteiger partial charge < -0.3 is 10.1 Å². The Morgan fingerprint density at radius 2 is 2.00 bits per heavy atom. The molecule has 1 amide bonds. The third-order valence-electron chi connectivity index (χ3n) is 5.15. The molecule has 0 atom stereocenters. The number of ether oxygens (including phenoxy) is 1. The molecule has 166 valence electrons. The number of hydrogen-bond donors (Lipinski definition) is 1. The largest absolute Gasteiger partial charge is 0.495 e. The molecule has 0 saturated heterocycles. The van der Waals surface area contributed by atoms with Crippen LogP contribution in [0.15, 0.2) is 52.4 Å². The van der Waals surface area contributed by atoms with Crippen molar-refractivity contribution >= 4 is 34.3 Å². The van der Waals surface area contributed by atoms with Gasteiger partial charge in [0.05, 0.1) is 29.5 Å². The van der Waals surface area contributed by atoms with Crippen molar-refractivity contribution in [3.8, 4) is 11.4 Å². The lowest BCUT2D eigenvalue weighted by Gasteiger charge is -2.14. The second kappa shape index (κ2) is 9.44. The van der Waals surface area contributed by atoms with Gasteiger partial charge in [-0.25, -0.2) is 4.57 Å². The molecule has 2 heterocycles. The number of nitrogens with zero attached hydrogens (tertiary/aromatic N) is 4. The van der Waals surface area contributed by atoms with Gasteiger partial charge in [0.2, 0.25) is 11.7 Å². The van der Waals surface area contributed by atoms with E-state index in [0.29, 0.717) is 39.8 Å². The number of carbonyl (C=O) groups excluding carboxylic acids is 1. The molecule has 32 heavy (non-hydrogen) atoms. The van der Waals surface area contributed by atoms with Crippen LogP contribution in [0.25, 0.3) is 22.4 Å². The molecular formula is C23H25N5O3S. The van der Waals surface area contributed by atoms with Gasteiger partial charge in [0.1, 0.15) is 5.75 Å². The fourth-order valence-electron chi connectivity index (χ4n) is 3.55. The van der Waals surface area contributed by atoms with E-state index in [0.717, 1.165) is 18.4 Å². The first-order chi connectivity index (χ1) is 15.5. The van der Waals surface area contributed by atoms with Gasteiger partial charge in [0, 0.05) is 6.54 Å². The van der Waals surface area contributed by atoms with Crippen LogP contribution in [0.4, 0.5) is 0 Å². The molecule has 0 fully saturated rings. The Labute approximate surface area is 189 Å². The van der Waals surface area contributed by atoms with E-state index < -0.39 is 0 Å². The zero-order valence-electron chi connectivity index (χ0n) is 18.3. The number of aryl methyl sites for hydroxylation is 1. The van der Waals surface area contributed by atoms with Crippen LogP contribution in [0.3, 0.4) is 0 Å². The monoisotopic (exact) mass is 451 g/mol. The average molecular weight is 452 g/mol. The third-order valence-corrected chi connectivity index (χ3v) is 6.08. The SMILES string of the molecule is CCCCNC(=O)CSc1nnc2n(-c3cc(C)ccc3OC)c(=O)c3ccccc3n12. The van der Waals surface area contributed by atoms with Crippen LogP contribution < -0.4 is 15.6 Å². The summed E-state index contributed by atoms with van der Waals surface area (Å²) in [5.74, 6) is 1.08. The zero-order chi connectivity index (χ0) is 22.7. The first-order valence-corrected chi connectivity index (χ1v) is 11.5. The molecule has 1 N–H and O–H groups in total. The zero-order valence-corrected chi connectivity index (χ0v) is 19.1. The molecule has 0 saturated carbocycles. The lowest BCUT2D eigenvalue weighted by atomic mass is 10.2.